The van der Waals surface area contributed by atoms with Crippen molar-refractivity contribution in [1.82, 2.24) is 4.98 Å². The lowest BCUT2D eigenvalue weighted by molar-refractivity contribution is -0.659. The average molecular weight is 506 g/mol. The summed E-state index contributed by atoms with van der Waals surface area (Å²) in [6, 6.07) is 16.0. The number of pyridine rings is 2. The van der Waals surface area contributed by atoms with Crippen molar-refractivity contribution in [3.8, 4) is 11.3 Å². The van der Waals surface area contributed by atoms with Crippen molar-refractivity contribution in [1.29, 1.82) is 0 Å². The Labute approximate surface area is 225 Å². The summed E-state index contributed by atoms with van der Waals surface area (Å²) < 4.78 is 2.34. The fourth-order valence-electron chi connectivity index (χ4n) is 6.12. The minimum Gasteiger partial charge on any atom is -0.256 e. The van der Waals surface area contributed by atoms with Gasteiger partial charge in [-0.25, -0.2) is 4.57 Å². The molecule has 1 aliphatic rings. The van der Waals surface area contributed by atoms with Gasteiger partial charge in [0.25, 0.3) is 0 Å². The van der Waals surface area contributed by atoms with Crippen LogP contribution in [0.4, 0.5) is 0 Å². The molecule has 5 aromatic rings. The summed E-state index contributed by atoms with van der Waals surface area (Å²) in [4.78, 5) is 7.73. The summed E-state index contributed by atoms with van der Waals surface area (Å²) >= 11 is 1.96. The maximum absolute atomic E-state index is 4.99. The molecule has 37 heavy (non-hydrogen) atoms. The van der Waals surface area contributed by atoms with E-state index in [9.17, 15) is 0 Å². The zero-order chi connectivity index (χ0) is 26.3. The van der Waals surface area contributed by atoms with Gasteiger partial charge in [-0.2, -0.15) is 0 Å². The lowest BCUT2D eigenvalue weighted by Crippen LogP contribution is -2.32. The minimum absolute atomic E-state index is 0.190. The summed E-state index contributed by atoms with van der Waals surface area (Å²) in [5, 5.41) is 6.71. The lowest BCUT2D eigenvalue weighted by atomic mass is 9.83. The van der Waals surface area contributed by atoms with E-state index in [-0.39, 0.29) is 10.8 Å². The van der Waals surface area contributed by atoms with Crippen molar-refractivity contribution >= 4 is 44.2 Å². The van der Waals surface area contributed by atoms with Crippen LogP contribution in [0.15, 0.2) is 64.6 Å². The highest BCUT2D eigenvalue weighted by Crippen LogP contribution is 2.53. The zero-order valence-electron chi connectivity index (χ0n) is 23.4. The Morgan fingerprint density at radius 3 is 2.24 bits per heavy atom. The first kappa shape index (κ1) is 24.4. The van der Waals surface area contributed by atoms with E-state index in [0.29, 0.717) is 0 Å². The molecule has 188 valence electrons. The molecule has 0 aliphatic carbocycles. The van der Waals surface area contributed by atoms with Crippen LogP contribution < -0.4 is 4.57 Å². The van der Waals surface area contributed by atoms with Crippen LogP contribution in [0.5, 0.6) is 0 Å². The third-order valence-corrected chi connectivity index (χ3v) is 8.72. The quantitative estimate of drug-likeness (QED) is 0.172. The number of nitrogens with zero attached hydrogens (tertiary/aromatic N) is 2. The second kappa shape index (κ2) is 8.30. The Morgan fingerprint density at radius 1 is 0.838 bits per heavy atom. The van der Waals surface area contributed by atoms with Gasteiger partial charge in [-0.05, 0) is 70.2 Å². The third-order valence-electron chi connectivity index (χ3n) is 7.53. The normalized spacial score (nSPS) is 13.5. The van der Waals surface area contributed by atoms with Crippen LogP contribution in [0, 0.1) is 17.8 Å². The molecule has 2 aromatic heterocycles. The molecule has 0 fully saturated rings. The summed E-state index contributed by atoms with van der Waals surface area (Å²) in [6.07, 6.45) is 6.39. The predicted octanol–water partition coefficient (Wildman–Crippen LogP) is 8.98. The first-order valence-electron chi connectivity index (χ1n) is 13.4. The van der Waals surface area contributed by atoms with E-state index in [1.165, 1.54) is 64.7 Å². The van der Waals surface area contributed by atoms with Gasteiger partial charge in [0.05, 0.1) is 16.5 Å². The monoisotopic (exact) mass is 505 g/mol. The summed E-state index contributed by atoms with van der Waals surface area (Å²) in [5.41, 5.74) is 8.41. The minimum atomic E-state index is 0.190. The van der Waals surface area contributed by atoms with Crippen molar-refractivity contribution < 1.29 is 4.57 Å². The molecule has 3 heterocycles. The van der Waals surface area contributed by atoms with Crippen LogP contribution in [-0.2, 0) is 19.9 Å². The highest BCUT2D eigenvalue weighted by molar-refractivity contribution is 8.00. The number of aryl methyl sites for hydroxylation is 2. The number of hydrogen-bond donors (Lipinski definition) is 0. The maximum Gasteiger partial charge on any atom is 0.222 e. The van der Waals surface area contributed by atoms with Crippen LogP contribution in [0.3, 0.4) is 0 Å². The predicted molar refractivity (Wildman–Crippen MR) is 159 cm³/mol. The van der Waals surface area contributed by atoms with Crippen LogP contribution in [-0.4, -0.2) is 4.98 Å². The van der Waals surface area contributed by atoms with Crippen molar-refractivity contribution in [3.05, 3.63) is 71.5 Å². The van der Waals surface area contributed by atoms with E-state index in [1.54, 1.807) is 0 Å². The summed E-state index contributed by atoms with van der Waals surface area (Å²) in [5.74, 6) is 0. The molecular formula is C34H37N2S+. The van der Waals surface area contributed by atoms with Crippen molar-refractivity contribution in [2.45, 2.75) is 71.1 Å². The molecule has 0 saturated carbocycles. The number of hydrogen-bond acceptors (Lipinski definition) is 2. The first-order valence-corrected chi connectivity index (χ1v) is 14.2. The van der Waals surface area contributed by atoms with Gasteiger partial charge in [0.2, 0.25) is 5.69 Å². The molecule has 1 aliphatic heterocycles. The van der Waals surface area contributed by atoms with Gasteiger partial charge in [-0.3, -0.25) is 4.98 Å². The van der Waals surface area contributed by atoms with E-state index in [4.69, 9.17) is 4.98 Å². The molecule has 3 aromatic carbocycles. The topological polar surface area (TPSA) is 16.8 Å². The smallest absolute Gasteiger partial charge is 0.222 e. The molecule has 0 atom stereocenters. The highest BCUT2D eigenvalue weighted by atomic mass is 32.2. The lowest BCUT2D eigenvalue weighted by Gasteiger charge is -2.28. The third kappa shape index (κ3) is 4.12. The second-order valence-electron chi connectivity index (χ2n) is 13.3. The van der Waals surface area contributed by atoms with Crippen LogP contribution in [0.2, 0.25) is 0 Å². The number of aromatic nitrogens is 2. The van der Waals surface area contributed by atoms with Crippen molar-refractivity contribution in [2.24, 2.45) is 17.9 Å². The highest BCUT2D eigenvalue weighted by Gasteiger charge is 2.33. The van der Waals surface area contributed by atoms with Crippen LogP contribution in [0.1, 0.15) is 58.2 Å². The van der Waals surface area contributed by atoms with Gasteiger partial charge >= 0.3 is 0 Å². The Morgan fingerprint density at radius 2 is 1.54 bits per heavy atom. The largest absolute Gasteiger partial charge is 0.256 e. The Bertz CT molecular complexity index is 1730. The van der Waals surface area contributed by atoms with Gasteiger partial charge in [-0.15, -0.1) is 0 Å². The Kier molecular flexibility index (Phi) is 5.48. The fraction of sp³-hybridized carbons (Fsp3) is 0.353. The molecule has 6 rings (SSSR count). The number of rotatable bonds is 2. The van der Waals surface area contributed by atoms with Crippen molar-refractivity contribution in [2.75, 3.05) is 0 Å². The number of fused-ring (bicyclic) bond motifs is 5. The van der Waals surface area contributed by atoms with E-state index in [2.05, 4.69) is 115 Å². The van der Waals surface area contributed by atoms with E-state index in [1.807, 2.05) is 11.8 Å². The Hall–Kier alpha value is -2.91. The van der Waals surface area contributed by atoms with Gasteiger partial charge in [0.15, 0.2) is 6.20 Å². The molecular weight excluding hydrogens is 468 g/mol. The molecule has 0 bridgehead atoms. The molecule has 0 amide bonds. The SMILES string of the molecule is Cc1c2c(c(CC(C)(C)C)c3ccccc13)Sc1cc3ncc(CC(C)(C)C)cc3c3cc[n+](C)c-2c13. The molecule has 0 spiro atoms. The zero-order valence-corrected chi connectivity index (χ0v) is 24.2. The van der Waals surface area contributed by atoms with Gasteiger partial charge in [0, 0.05) is 32.8 Å². The molecule has 0 saturated heterocycles. The van der Waals surface area contributed by atoms with Crippen LogP contribution in [0.25, 0.3) is 43.7 Å². The van der Waals surface area contributed by atoms with Gasteiger partial charge < -0.3 is 0 Å². The second-order valence-corrected chi connectivity index (χ2v) is 14.3. The van der Waals surface area contributed by atoms with Gasteiger partial charge in [-0.1, -0.05) is 77.6 Å². The van der Waals surface area contributed by atoms with E-state index in [0.717, 1.165) is 18.4 Å². The fourth-order valence-corrected chi connectivity index (χ4v) is 7.48. The number of benzene rings is 3. The molecule has 0 radical (unpaired) electrons. The van der Waals surface area contributed by atoms with Crippen molar-refractivity contribution in [3.63, 3.8) is 0 Å². The van der Waals surface area contributed by atoms with E-state index >= 15 is 0 Å². The average Bonchev–Trinajstić information content (AvgIpc) is 2.81. The molecule has 3 heteroatoms. The molecule has 0 unspecified atom stereocenters. The molecule has 0 N–H and O–H groups in total. The standard InChI is InChI=1S/C34H37N2S/c1-20-22-11-9-10-12-23(22)26(18-34(5,6)7)32-29(20)31-30-24(13-14-36(31)8)25-15-21(17-33(2,3)4)19-35-27(25)16-28(30)37-32/h9-16,19H,17-18H2,1-8H3/q+1. The molecule has 2 nitrogen and oxygen atoms in total. The van der Waals surface area contributed by atoms with E-state index < -0.39 is 0 Å². The summed E-state index contributed by atoms with van der Waals surface area (Å²) in [6.45, 7) is 16.3. The Balaban J connectivity index is 1.72. The maximum atomic E-state index is 4.99. The first-order chi connectivity index (χ1) is 17.4. The summed E-state index contributed by atoms with van der Waals surface area (Å²) in [7, 11) is 2.20. The van der Waals surface area contributed by atoms with Gasteiger partial charge in [0.1, 0.15) is 7.05 Å². The van der Waals surface area contributed by atoms with Crippen LogP contribution >= 0.6 is 11.8 Å².